The Labute approximate surface area is 149 Å². The van der Waals surface area contributed by atoms with Crippen LogP contribution in [0.1, 0.15) is 54.2 Å². The number of anilines is 1. The Morgan fingerprint density at radius 3 is 2.75 bits per heavy atom. The van der Waals surface area contributed by atoms with Gasteiger partial charge in [-0.3, -0.25) is 4.79 Å². The molecule has 0 bridgehead atoms. The average Bonchev–Trinajstić information content (AvgIpc) is 3.11. The molecule has 3 heterocycles. The average molecular weight is 363 g/mol. The van der Waals surface area contributed by atoms with Crippen LogP contribution in [0.25, 0.3) is 4.96 Å². The maximum absolute atomic E-state index is 12.2. The molecule has 0 aromatic carbocycles. The minimum atomic E-state index is -0.111. The summed E-state index contributed by atoms with van der Waals surface area (Å²) in [7, 11) is 0. The molecule has 7 heteroatoms. The van der Waals surface area contributed by atoms with Crippen molar-refractivity contribution < 1.29 is 0 Å². The molecular weight excluding hydrogens is 340 g/mol. The normalized spacial score (nSPS) is 12.7. The summed E-state index contributed by atoms with van der Waals surface area (Å²) in [6, 6.07) is 3.97. The van der Waals surface area contributed by atoms with E-state index in [9.17, 15) is 4.79 Å². The molecule has 0 radical (unpaired) electrons. The molecule has 0 amide bonds. The fourth-order valence-corrected chi connectivity index (χ4v) is 4.70. The molecular formula is C17H22N4OS2. The zero-order chi connectivity index (χ0) is 17.3. The van der Waals surface area contributed by atoms with Crippen LogP contribution >= 0.6 is 22.7 Å². The van der Waals surface area contributed by atoms with Gasteiger partial charge in [-0.1, -0.05) is 31.6 Å². The first-order valence-corrected chi connectivity index (χ1v) is 9.90. The number of rotatable bonds is 6. The van der Waals surface area contributed by atoms with Crippen LogP contribution in [0.5, 0.6) is 0 Å². The monoisotopic (exact) mass is 362 g/mol. The summed E-state index contributed by atoms with van der Waals surface area (Å²) in [5, 5.41) is 8.52. The number of aryl methyl sites for hydroxylation is 3. The van der Waals surface area contributed by atoms with Gasteiger partial charge in [0.05, 0.1) is 6.04 Å². The van der Waals surface area contributed by atoms with Crippen molar-refractivity contribution in [3.05, 3.63) is 43.5 Å². The van der Waals surface area contributed by atoms with E-state index in [0.29, 0.717) is 4.96 Å². The smallest absolute Gasteiger partial charge is 0.275 e. The van der Waals surface area contributed by atoms with E-state index in [1.165, 1.54) is 31.2 Å². The van der Waals surface area contributed by atoms with Gasteiger partial charge in [0.15, 0.2) is 0 Å². The summed E-state index contributed by atoms with van der Waals surface area (Å²) in [5.74, 6) is 0. The Morgan fingerprint density at radius 1 is 1.29 bits per heavy atom. The van der Waals surface area contributed by atoms with Crippen molar-refractivity contribution in [3.8, 4) is 0 Å². The predicted molar refractivity (Wildman–Crippen MR) is 102 cm³/mol. The standard InChI is InChI=1S/C17H22N4OS2/c1-5-7-12-9-15(22)21-17(19-12)24-16(20-21)18-11(4)14-8-10(3)13(6-2)23-14/h8-9,11H,5-7H2,1-4H3,(H,18,20). The van der Waals surface area contributed by atoms with E-state index in [1.54, 1.807) is 6.07 Å². The quantitative estimate of drug-likeness (QED) is 0.714. The number of fused-ring (bicyclic) bond motifs is 1. The van der Waals surface area contributed by atoms with E-state index >= 15 is 0 Å². The van der Waals surface area contributed by atoms with Gasteiger partial charge in [-0.25, -0.2) is 4.98 Å². The lowest BCUT2D eigenvalue weighted by Crippen LogP contribution is -2.15. The summed E-state index contributed by atoms with van der Waals surface area (Å²) in [6.45, 7) is 8.54. The Bertz CT molecular complexity index is 909. The van der Waals surface area contributed by atoms with Crippen molar-refractivity contribution in [2.24, 2.45) is 0 Å². The zero-order valence-corrected chi connectivity index (χ0v) is 16.1. The third-order valence-corrected chi connectivity index (χ3v) is 6.34. The van der Waals surface area contributed by atoms with Gasteiger partial charge >= 0.3 is 0 Å². The second-order valence-corrected chi connectivity index (χ2v) is 8.04. The van der Waals surface area contributed by atoms with E-state index in [0.717, 1.165) is 30.1 Å². The molecule has 128 valence electrons. The maximum Gasteiger partial charge on any atom is 0.275 e. The van der Waals surface area contributed by atoms with Gasteiger partial charge < -0.3 is 5.32 Å². The topological polar surface area (TPSA) is 59.3 Å². The Hall–Kier alpha value is -1.73. The third kappa shape index (κ3) is 3.37. The highest BCUT2D eigenvalue weighted by Crippen LogP contribution is 2.30. The van der Waals surface area contributed by atoms with Crippen molar-refractivity contribution in [1.82, 2.24) is 14.6 Å². The lowest BCUT2D eigenvalue weighted by molar-refractivity contribution is 0.830. The molecule has 0 saturated carbocycles. The van der Waals surface area contributed by atoms with Gasteiger partial charge in [0.1, 0.15) is 0 Å². The fraction of sp³-hybridized carbons (Fsp3) is 0.471. The summed E-state index contributed by atoms with van der Waals surface area (Å²) < 4.78 is 1.38. The second-order valence-electron chi connectivity index (χ2n) is 5.91. The van der Waals surface area contributed by atoms with Crippen LogP contribution in [0.4, 0.5) is 5.13 Å². The summed E-state index contributed by atoms with van der Waals surface area (Å²) in [6.07, 6.45) is 2.85. The first-order chi connectivity index (χ1) is 11.5. The van der Waals surface area contributed by atoms with E-state index in [4.69, 9.17) is 0 Å². The van der Waals surface area contributed by atoms with Gasteiger partial charge in [0.25, 0.3) is 5.56 Å². The van der Waals surface area contributed by atoms with Crippen LogP contribution in [-0.2, 0) is 12.8 Å². The SMILES string of the molecule is CCCc1cc(=O)n2nc(NC(C)c3cc(C)c(CC)s3)sc2n1. The minimum Gasteiger partial charge on any atom is -0.353 e. The van der Waals surface area contributed by atoms with E-state index in [-0.39, 0.29) is 11.6 Å². The summed E-state index contributed by atoms with van der Waals surface area (Å²) >= 11 is 3.26. The van der Waals surface area contributed by atoms with Gasteiger partial charge in [-0.05, 0) is 38.3 Å². The molecule has 0 spiro atoms. The fourth-order valence-electron chi connectivity index (χ4n) is 2.67. The van der Waals surface area contributed by atoms with Crippen molar-refractivity contribution in [2.75, 3.05) is 5.32 Å². The molecule has 1 unspecified atom stereocenters. The van der Waals surface area contributed by atoms with Crippen LogP contribution in [-0.4, -0.2) is 14.6 Å². The first kappa shape index (κ1) is 17.1. The van der Waals surface area contributed by atoms with E-state index < -0.39 is 0 Å². The molecule has 0 aliphatic heterocycles. The molecule has 0 aliphatic carbocycles. The molecule has 0 aliphatic rings. The van der Waals surface area contributed by atoms with Crippen LogP contribution < -0.4 is 10.9 Å². The minimum absolute atomic E-state index is 0.111. The highest BCUT2D eigenvalue weighted by molar-refractivity contribution is 7.20. The van der Waals surface area contributed by atoms with Gasteiger partial charge in [-0.15, -0.1) is 16.4 Å². The van der Waals surface area contributed by atoms with Gasteiger partial charge in [0, 0.05) is 21.5 Å². The van der Waals surface area contributed by atoms with Crippen LogP contribution in [0.15, 0.2) is 16.9 Å². The maximum atomic E-state index is 12.2. The highest BCUT2D eigenvalue weighted by Gasteiger charge is 2.14. The van der Waals surface area contributed by atoms with Crippen LogP contribution in [0.2, 0.25) is 0 Å². The Balaban J connectivity index is 1.86. The molecule has 0 fully saturated rings. The van der Waals surface area contributed by atoms with Gasteiger partial charge in [0.2, 0.25) is 10.1 Å². The Kier molecular flexibility index (Phi) is 5.01. The van der Waals surface area contributed by atoms with Crippen LogP contribution in [0, 0.1) is 6.92 Å². The van der Waals surface area contributed by atoms with Crippen molar-refractivity contribution in [3.63, 3.8) is 0 Å². The molecule has 24 heavy (non-hydrogen) atoms. The first-order valence-electron chi connectivity index (χ1n) is 8.27. The number of aromatic nitrogens is 3. The summed E-state index contributed by atoms with van der Waals surface area (Å²) in [5.41, 5.74) is 2.07. The molecule has 1 atom stereocenters. The Morgan fingerprint density at radius 2 is 2.08 bits per heavy atom. The molecule has 3 aromatic rings. The molecule has 5 nitrogen and oxygen atoms in total. The molecule has 3 aromatic heterocycles. The van der Waals surface area contributed by atoms with Gasteiger partial charge in [-0.2, -0.15) is 4.52 Å². The molecule has 3 rings (SSSR count). The zero-order valence-electron chi connectivity index (χ0n) is 14.4. The third-order valence-electron chi connectivity index (χ3n) is 3.93. The number of thiophene rings is 1. The molecule has 1 N–H and O–H groups in total. The summed E-state index contributed by atoms with van der Waals surface area (Å²) in [4.78, 5) is 20.1. The second kappa shape index (κ2) is 7.03. The number of hydrogen-bond donors (Lipinski definition) is 1. The lowest BCUT2D eigenvalue weighted by atomic mass is 10.2. The van der Waals surface area contributed by atoms with Crippen molar-refractivity contribution >= 4 is 32.8 Å². The number of nitrogens with zero attached hydrogens (tertiary/aromatic N) is 3. The van der Waals surface area contributed by atoms with Crippen molar-refractivity contribution in [2.45, 2.75) is 53.0 Å². The largest absolute Gasteiger partial charge is 0.353 e. The van der Waals surface area contributed by atoms with E-state index in [2.05, 4.69) is 49.2 Å². The van der Waals surface area contributed by atoms with E-state index in [1.807, 2.05) is 11.3 Å². The predicted octanol–water partition coefficient (Wildman–Crippen LogP) is 4.21. The molecule has 0 saturated heterocycles. The van der Waals surface area contributed by atoms with Crippen LogP contribution in [0.3, 0.4) is 0 Å². The highest BCUT2D eigenvalue weighted by atomic mass is 32.1. The van der Waals surface area contributed by atoms with Crippen molar-refractivity contribution in [1.29, 1.82) is 0 Å². The lowest BCUT2D eigenvalue weighted by Gasteiger charge is -2.09. The number of hydrogen-bond acceptors (Lipinski definition) is 6. The number of nitrogens with one attached hydrogen (secondary N) is 1.